The van der Waals surface area contributed by atoms with E-state index in [1.165, 1.54) is 36.4 Å². The molecule has 0 aromatic heterocycles. The molecule has 2 N–H and O–H groups in total. The van der Waals surface area contributed by atoms with Gasteiger partial charge in [0.15, 0.2) is 0 Å². The molecule has 3 rings (SSSR count). The van der Waals surface area contributed by atoms with Crippen molar-refractivity contribution < 1.29 is 27.9 Å². The molecule has 0 aliphatic carbocycles. The van der Waals surface area contributed by atoms with Gasteiger partial charge in [0.05, 0.1) is 0 Å². The van der Waals surface area contributed by atoms with Crippen LogP contribution in [0.3, 0.4) is 0 Å². The highest BCUT2D eigenvalue weighted by molar-refractivity contribution is 6.33. The van der Waals surface area contributed by atoms with Gasteiger partial charge in [0.1, 0.15) is 23.1 Å². The molecule has 0 saturated carbocycles. The van der Waals surface area contributed by atoms with Crippen LogP contribution in [-0.4, -0.2) is 17.4 Å². The van der Waals surface area contributed by atoms with Crippen LogP contribution in [0.2, 0.25) is 0 Å². The van der Waals surface area contributed by atoms with Crippen molar-refractivity contribution in [2.75, 3.05) is 0 Å². The van der Waals surface area contributed by atoms with E-state index < -0.39 is 36.3 Å². The van der Waals surface area contributed by atoms with Crippen LogP contribution in [0.15, 0.2) is 54.6 Å². The Hall–Kier alpha value is -2.61. The lowest BCUT2D eigenvalue weighted by molar-refractivity contribution is 0.0207. The molecule has 0 spiro atoms. The zero-order valence-corrected chi connectivity index (χ0v) is 19.9. The fraction of sp³-hybridized carbons (Fsp3) is 0.333. The van der Waals surface area contributed by atoms with Gasteiger partial charge in [0.25, 0.3) is 0 Å². The van der Waals surface area contributed by atoms with Crippen LogP contribution in [0.5, 0.6) is 0 Å². The van der Waals surface area contributed by atoms with Gasteiger partial charge in [-0.15, -0.1) is 0 Å². The van der Waals surface area contributed by atoms with E-state index in [0.29, 0.717) is 40.7 Å². The van der Waals surface area contributed by atoms with Gasteiger partial charge in [0.2, 0.25) is 0 Å². The Morgan fingerprint density at radius 3 is 1.74 bits per heavy atom. The summed E-state index contributed by atoms with van der Waals surface area (Å²) in [5, 5.41) is 20.3. The van der Waals surface area contributed by atoms with Crippen molar-refractivity contribution in [3.05, 3.63) is 105 Å². The molecule has 7 heteroatoms. The fourth-order valence-corrected chi connectivity index (χ4v) is 4.86. The SMILES string of the molecule is CCCCC(c1cc(F)ccc1C)C(OB(O)O)(c1cc(F)ccc1C)c1cc(F)ccc1C. The maximum absolute atomic E-state index is 14.7. The monoisotopic (exact) mass is 470 g/mol. The van der Waals surface area contributed by atoms with E-state index >= 15 is 0 Å². The average Bonchev–Trinajstić information content (AvgIpc) is 2.78. The van der Waals surface area contributed by atoms with E-state index in [4.69, 9.17) is 4.65 Å². The van der Waals surface area contributed by atoms with E-state index in [1.54, 1.807) is 32.0 Å². The van der Waals surface area contributed by atoms with Crippen molar-refractivity contribution in [3.63, 3.8) is 0 Å². The molecule has 0 radical (unpaired) electrons. The minimum atomic E-state index is -2.26. The average molecular weight is 470 g/mol. The number of halogens is 3. The van der Waals surface area contributed by atoms with Gasteiger partial charge in [-0.25, -0.2) is 13.2 Å². The Bertz CT molecular complexity index is 1100. The maximum Gasteiger partial charge on any atom is 0.634 e. The topological polar surface area (TPSA) is 49.7 Å². The number of benzene rings is 3. The van der Waals surface area contributed by atoms with Gasteiger partial charge < -0.3 is 14.7 Å². The summed E-state index contributed by atoms with van der Waals surface area (Å²) in [7, 11) is -2.26. The molecule has 0 aliphatic rings. The van der Waals surface area contributed by atoms with Gasteiger partial charge in [-0.3, -0.25) is 0 Å². The Balaban J connectivity index is 2.52. The third kappa shape index (κ3) is 5.22. The maximum atomic E-state index is 14.7. The van der Waals surface area contributed by atoms with Crippen LogP contribution in [0, 0.1) is 38.2 Å². The van der Waals surface area contributed by atoms with Gasteiger partial charge >= 0.3 is 7.32 Å². The lowest BCUT2D eigenvalue weighted by Gasteiger charge is -2.44. The largest absolute Gasteiger partial charge is 0.634 e. The van der Waals surface area contributed by atoms with Crippen molar-refractivity contribution in [1.29, 1.82) is 0 Å². The second kappa shape index (κ2) is 10.8. The highest BCUT2D eigenvalue weighted by Crippen LogP contribution is 2.51. The Morgan fingerprint density at radius 2 is 1.26 bits per heavy atom. The number of hydrogen-bond acceptors (Lipinski definition) is 3. The predicted octanol–water partition coefficient (Wildman–Crippen LogP) is 6.23. The second-order valence-electron chi connectivity index (χ2n) is 8.79. The van der Waals surface area contributed by atoms with E-state index in [-0.39, 0.29) is 0 Å². The first kappa shape index (κ1) is 26.0. The summed E-state index contributed by atoms with van der Waals surface area (Å²) >= 11 is 0. The van der Waals surface area contributed by atoms with Crippen molar-refractivity contribution in [1.82, 2.24) is 0 Å². The molecule has 0 aliphatic heterocycles. The molecular formula is C27H30BF3O3. The molecule has 0 fully saturated rings. The van der Waals surface area contributed by atoms with Crippen LogP contribution in [0.4, 0.5) is 13.2 Å². The molecule has 180 valence electrons. The summed E-state index contributed by atoms with van der Waals surface area (Å²) in [4.78, 5) is 0. The zero-order valence-electron chi connectivity index (χ0n) is 19.9. The van der Waals surface area contributed by atoms with Crippen LogP contribution >= 0.6 is 0 Å². The van der Waals surface area contributed by atoms with E-state index in [1.807, 2.05) is 13.8 Å². The van der Waals surface area contributed by atoms with Crippen molar-refractivity contribution in [3.8, 4) is 0 Å². The van der Waals surface area contributed by atoms with Crippen LogP contribution < -0.4 is 0 Å². The van der Waals surface area contributed by atoms with E-state index in [9.17, 15) is 23.2 Å². The quantitative estimate of drug-likeness (QED) is 0.365. The zero-order chi connectivity index (χ0) is 25.0. The molecule has 1 unspecified atom stereocenters. The number of aryl methyl sites for hydroxylation is 3. The Labute approximate surface area is 199 Å². The number of hydrogen-bond donors (Lipinski definition) is 2. The van der Waals surface area contributed by atoms with Crippen molar-refractivity contribution in [2.45, 2.75) is 58.5 Å². The Kier molecular flexibility index (Phi) is 8.23. The summed E-state index contributed by atoms with van der Waals surface area (Å²) in [6, 6.07) is 12.7. The first-order valence-corrected chi connectivity index (χ1v) is 11.4. The first-order chi connectivity index (χ1) is 16.1. The van der Waals surface area contributed by atoms with Crippen LogP contribution in [0.25, 0.3) is 0 Å². The smallest absolute Gasteiger partial charge is 0.402 e. The molecule has 0 saturated heterocycles. The third-order valence-corrected chi connectivity index (χ3v) is 6.44. The van der Waals surface area contributed by atoms with Crippen molar-refractivity contribution in [2.24, 2.45) is 0 Å². The number of unbranched alkanes of at least 4 members (excludes halogenated alkanes) is 1. The van der Waals surface area contributed by atoms with Crippen molar-refractivity contribution >= 4 is 7.32 Å². The van der Waals surface area contributed by atoms with E-state index in [0.717, 1.165) is 12.0 Å². The molecule has 0 heterocycles. The van der Waals surface area contributed by atoms with Gasteiger partial charge in [-0.2, -0.15) is 0 Å². The van der Waals surface area contributed by atoms with Crippen LogP contribution in [0.1, 0.15) is 65.5 Å². The highest BCUT2D eigenvalue weighted by Gasteiger charge is 2.48. The normalized spacial score (nSPS) is 12.6. The minimum absolute atomic E-state index is 0.319. The third-order valence-electron chi connectivity index (χ3n) is 6.44. The summed E-state index contributed by atoms with van der Waals surface area (Å²) in [5.74, 6) is -2.26. The molecular weight excluding hydrogens is 440 g/mol. The molecule has 3 nitrogen and oxygen atoms in total. The highest BCUT2D eigenvalue weighted by atomic mass is 19.1. The minimum Gasteiger partial charge on any atom is -0.402 e. The Morgan fingerprint density at radius 1 is 0.794 bits per heavy atom. The lowest BCUT2D eigenvalue weighted by atomic mass is 9.67. The van der Waals surface area contributed by atoms with E-state index in [2.05, 4.69) is 0 Å². The second-order valence-corrected chi connectivity index (χ2v) is 8.79. The number of rotatable bonds is 9. The standard InChI is InChI=1S/C27H30BF3O3/c1-5-6-7-24(23-14-20(29)11-8-17(23)2)27(34-28(32)33,25-15-21(30)12-9-18(25)3)26-16-22(31)13-10-19(26)4/h8-16,24,32-33H,5-7H2,1-4H3. The summed E-state index contributed by atoms with van der Waals surface area (Å²) in [5.41, 5.74) is 1.47. The molecule has 34 heavy (non-hydrogen) atoms. The predicted molar refractivity (Wildman–Crippen MR) is 128 cm³/mol. The molecule has 0 bridgehead atoms. The fourth-order valence-electron chi connectivity index (χ4n) is 4.86. The molecule has 1 atom stereocenters. The van der Waals surface area contributed by atoms with Gasteiger partial charge in [-0.1, -0.05) is 38.0 Å². The molecule has 3 aromatic carbocycles. The summed E-state index contributed by atoms with van der Waals surface area (Å²) < 4.78 is 49.8. The summed E-state index contributed by atoms with van der Waals surface area (Å²) in [6.45, 7) is 7.33. The van der Waals surface area contributed by atoms with Crippen LogP contribution in [-0.2, 0) is 10.3 Å². The lowest BCUT2D eigenvalue weighted by Crippen LogP contribution is -2.44. The molecule has 3 aromatic rings. The van der Waals surface area contributed by atoms with Gasteiger partial charge in [-0.05, 0) is 97.0 Å². The van der Waals surface area contributed by atoms with Gasteiger partial charge in [0, 0.05) is 5.92 Å². The molecule has 0 amide bonds. The summed E-state index contributed by atoms with van der Waals surface area (Å²) in [6.07, 6.45) is 1.93. The first-order valence-electron chi connectivity index (χ1n) is 11.4.